The van der Waals surface area contributed by atoms with Gasteiger partial charge in [0.1, 0.15) is 0 Å². The lowest BCUT2D eigenvalue weighted by Crippen LogP contribution is -2.14. The summed E-state index contributed by atoms with van der Waals surface area (Å²) in [5.41, 5.74) is 1.42. The predicted molar refractivity (Wildman–Crippen MR) is 76.0 cm³/mol. The van der Waals surface area contributed by atoms with E-state index in [9.17, 15) is 0 Å². The van der Waals surface area contributed by atoms with E-state index in [-0.39, 0.29) is 0 Å². The van der Waals surface area contributed by atoms with Crippen LogP contribution in [-0.4, -0.2) is 0 Å². The van der Waals surface area contributed by atoms with Crippen molar-refractivity contribution >= 4 is 10.8 Å². The van der Waals surface area contributed by atoms with Gasteiger partial charge < -0.3 is 0 Å². The average Bonchev–Trinajstić information content (AvgIpc) is 2.28. The van der Waals surface area contributed by atoms with E-state index in [4.69, 9.17) is 0 Å². The van der Waals surface area contributed by atoms with E-state index in [1.807, 2.05) is 0 Å². The van der Waals surface area contributed by atoms with Crippen molar-refractivity contribution in [3.63, 3.8) is 0 Å². The third kappa shape index (κ3) is 2.36. The third-order valence-corrected chi connectivity index (χ3v) is 3.34. The van der Waals surface area contributed by atoms with Crippen LogP contribution in [0.1, 0.15) is 33.3 Å². The minimum absolute atomic E-state index is 0.598. The first-order valence-electron chi connectivity index (χ1n) is 6.46. The van der Waals surface area contributed by atoms with Crippen molar-refractivity contribution in [1.29, 1.82) is 0 Å². The van der Waals surface area contributed by atoms with Crippen LogP contribution in [0.3, 0.4) is 0 Å². The summed E-state index contributed by atoms with van der Waals surface area (Å²) >= 11 is 0. The van der Waals surface area contributed by atoms with Crippen molar-refractivity contribution in [1.82, 2.24) is 0 Å². The minimum atomic E-state index is 0.598. The lowest BCUT2D eigenvalue weighted by atomic mass is 9.78. The largest absolute Gasteiger partial charge is 0.0619 e. The van der Waals surface area contributed by atoms with Crippen LogP contribution >= 0.6 is 0 Å². The second-order valence-corrected chi connectivity index (χ2v) is 5.29. The van der Waals surface area contributed by atoms with Crippen molar-refractivity contribution in [3.05, 3.63) is 53.9 Å². The quantitative estimate of drug-likeness (QED) is 0.683. The van der Waals surface area contributed by atoms with Gasteiger partial charge in [-0.3, -0.25) is 0 Å². The van der Waals surface area contributed by atoms with Gasteiger partial charge in [0, 0.05) is 5.92 Å². The fourth-order valence-electron chi connectivity index (χ4n) is 2.77. The van der Waals surface area contributed by atoms with Crippen LogP contribution in [0.15, 0.2) is 42.5 Å². The van der Waals surface area contributed by atoms with Gasteiger partial charge in [-0.25, -0.2) is 0 Å². The summed E-state index contributed by atoms with van der Waals surface area (Å²) in [5, 5.41) is 2.72. The molecule has 0 N–H and O–H groups in total. The Hall–Kier alpha value is -1.30. The summed E-state index contributed by atoms with van der Waals surface area (Å²) in [5.74, 6) is 2.75. The molecule has 0 aliphatic heterocycles. The molecule has 89 valence electrons. The number of benzene rings is 2. The molecule has 0 heterocycles. The van der Waals surface area contributed by atoms with E-state index < -0.39 is 0 Å². The molecule has 0 aromatic heterocycles. The molecule has 1 radical (unpaired) electrons. The topological polar surface area (TPSA) is 0 Å². The fraction of sp³-hybridized carbons (Fsp3) is 0.353. The lowest BCUT2D eigenvalue weighted by Gasteiger charge is -2.26. The van der Waals surface area contributed by atoms with Crippen LogP contribution in [0.25, 0.3) is 10.8 Å². The summed E-state index contributed by atoms with van der Waals surface area (Å²) in [6.45, 7) is 9.16. The van der Waals surface area contributed by atoms with E-state index in [1.54, 1.807) is 5.92 Å². The predicted octanol–water partition coefficient (Wildman–Crippen LogP) is 5.07. The van der Waals surface area contributed by atoms with Crippen LogP contribution in [0.5, 0.6) is 0 Å². The first-order chi connectivity index (χ1) is 8.11. The number of rotatable bonds is 3. The first kappa shape index (κ1) is 12.2. The molecule has 0 spiro atoms. The molecule has 0 heteroatoms. The monoisotopic (exact) mass is 225 g/mol. The molecule has 0 bridgehead atoms. The molecule has 0 aliphatic carbocycles. The Labute approximate surface area is 105 Å². The Morgan fingerprint density at radius 1 is 0.765 bits per heavy atom. The van der Waals surface area contributed by atoms with Crippen molar-refractivity contribution in [2.45, 2.75) is 27.7 Å². The number of fused-ring (bicyclic) bond motifs is 1. The van der Waals surface area contributed by atoms with E-state index in [0.717, 1.165) is 0 Å². The van der Waals surface area contributed by atoms with Crippen LogP contribution in [-0.2, 0) is 0 Å². The summed E-state index contributed by atoms with van der Waals surface area (Å²) < 4.78 is 0. The van der Waals surface area contributed by atoms with Gasteiger partial charge in [-0.05, 0) is 28.2 Å². The van der Waals surface area contributed by atoms with E-state index in [2.05, 4.69) is 70.2 Å². The van der Waals surface area contributed by atoms with E-state index in [1.165, 1.54) is 16.3 Å². The van der Waals surface area contributed by atoms with Gasteiger partial charge in [0.2, 0.25) is 0 Å². The molecule has 0 amide bonds. The van der Waals surface area contributed by atoms with Gasteiger partial charge in [0.15, 0.2) is 0 Å². The lowest BCUT2D eigenvalue weighted by molar-refractivity contribution is 0.544. The zero-order valence-corrected chi connectivity index (χ0v) is 11.2. The van der Waals surface area contributed by atoms with Crippen LogP contribution in [0.4, 0.5) is 0 Å². The van der Waals surface area contributed by atoms with Gasteiger partial charge in [-0.15, -0.1) is 0 Å². The molecule has 17 heavy (non-hydrogen) atoms. The molecule has 0 saturated carbocycles. The van der Waals surface area contributed by atoms with E-state index >= 15 is 0 Å². The highest BCUT2D eigenvalue weighted by atomic mass is 14.2. The summed E-state index contributed by atoms with van der Waals surface area (Å²) in [6, 6.07) is 15.3. The summed E-state index contributed by atoms with van der Waals surface area (Å²) in [4.78, 5) is 0. The standard InChI is InChI=1S/C17H21/c1-12(2)17(13(3)4)16-11-7-9-14-8-5-6-10-15(14)16/h5-13H,1-4H3. The molecule has 2 aromatic rings. The molecule has 0 unspecified atom stereocenters. The first-order valence-corrected chi connectivity index (χ1v) is 6.46. The third-order valence-electron chi connectivity index (χ3n) is 3.34. The zero-order chi connectivity index (χ0) is 12.4. The number of hydrogen-bond donors (Lipinski definition) is 0. The average molecular weight is 225 g/mol. The SMILES string of the molecule is CC(C)[C](c1cccc2ccccc12)C(C)C. The van der Waals surface area contributed by atoms with Crippen molar-refractivity contribution in [2.24, 2.45) is 11.8 Å². The smallest absolute Gasteiger partial charge is 0.0107 e. The normalized spacial score (nSPS) is 11.9. The Bertz CT molecular complexity index is 481. The molecule has 0 nitrogen and oxygen atoms in total. The molecule has 2 rings (SSSR count). The highest BCUT2D eigenvalue weighted by Crippen LogP contribution is 2.34. The van der Waals surface area contributed by atoms with Crippen molar-refractivity contribution in [3.8, 4) is 0 Å². The van der Waals surface area contributed by atoms with Crippen molar-refractivity contribution in [2.75, 3.05) is 0 Å². The van der Waals surface area contributed by atoms with Crippen LogP contribution < -0.4 is 0 Å². The molecule has 0 fully saturated rings. The highest BCUT2D eigenvalue weighted by Gasteiger charge is 2.21. The van der Waals surface area contributed by atoms with Gasteiger partial charge in [-0.1, -0.05) is 70.2 Å². The molecule has 0 saturated heterocycles. The van der Waals surface area contributed by atoms with Gasteiger partial charge in [0.05, 0.1) is 0 Å². The molecule has 0 aliphatic rings. The Morgan fingerprint density at radius 2 is 1.35 bits per heavy atom. The maximum absolute atomic E-state index is 2.29. The van der Waals surface area contributed by atoms with Gasteiger partial charge >= 0.3 is 0 Å². The summed E-state index contributed by atoms with van der Waals surface area (Å²) in [6.07, 6.45) is 0. The molecular weight excluding hydrogens is 204 g/mol. The van der Waals surface area contributed by atoms with Crippen LogP contribution in [0.2, 0.25) is 0 Å². The maximum atomic E-state index is 2.29. The Balaban J connectivity index is 2.61. The second kappa shape index (κ2) is 4.91. The Kier molecular flexibility index (Phi) is 3.51. The van der Waals surface area contributed by atoms with Gasteiger partial charge in [-0.2, -0.15) is 0 Å². The number of hydrogen-bond acceptors (Lipinski definition) is 0. The van der Waals surface area contributed by atoms with Gasteiger partial charge in [0.25, 0.3) is 0 Å². The van der Waals surface area contributed by atoms with Crippen molar-refractivity contribution < 1.29 is 0 Å². The molecular formula is C17H21. The fourth-order valence-corrected chi connectivity index (χ4v) is 2.77. The van der Waals surface area contributed by atoms with Crippen LogP contribution in [0, 0.1) is 17.8 Å². The second-order valence-electron chi connectivity index (χ2n) is 5.29. The minimum Gasteiger partial charge on any atom is -0.0619 e. The zero-order valence-electron chi connectivity index (χ0n) is 11.2. The molecule has 0 atom stereocenters. The van der Waals surface area contributed by atoms with E-state index in [0.29, 0.717) is 11.8 Å². The summed E-state index contributed by atoms with van der Waals surface area (Å²) in [7, 11) is 0. The maximum Gasteiger partial charge on any atom is 0.0107 e. The Morgan fingerprint density at radius 3 is 2.00 bits per heavy atom. The molecule has 2 aromatic carbocycles. The highest BCUT2D eigenvalue weighted by molar-refractivity contribution is 5.87.